The highest BCUT2D eigenvalue weighted by molar-refractivity contribution is 7.89. The van der Waals surface area contributed by atoms with Gasteiger partial charge in [-0.05, 0) is 55.3 Å². The highest BCUT2D eigenvalue weighted by Gasteiger charge is 2.28. The van der Waals surface area contributed by atoms with Gasteiger partial charge < -0.3 is 4.40 Å². The van der Waals surface area contributed by atoms with E-state index in [1.807, 2.05) is 26.1 Å². The first-order valence-electron chi connectivity index (χ1n) is 7.45. The van der Waals surface area contributed by atoms with E-state index in [9.17, 15) is 17.6 Å². The van der Waals surface area contributed by atoms with Crippen LogP contribution in [0.2, 0.25) is 0 Å². The number of halogens is 1. The highest BCUT2D eigenvalue weighted by atomic mass is 32.2. The predicted octanol–water partition coefficient (Wildman–Crippen LogP) is 2.55. The van der Waals surface area contributed by atoms with Crippen molar-refractivity contribution in [2.75, 3.05) is 7.05 Å². The summed E-state index contributed by atoms with van der Waals surface area (Å²) >= 11 is 0. The van der Waals surface area contributed by atoms with Crippen LogP contribution in [0.1, 0.15) is 21.6 Å². The third-order valence-electron chi connectivity index (χ3n) is 4.04. The summed E-state index contributed by atoms with van der Waals surface area (Å²) in [5.74, 6) is -1.32. The van der Waals surface area contributed by atoms with Gasteiger partial charge in [0.25, 0.3) is 15.9 Å². The number of hydrogen-bond donors (Lipinski definition) is 0. The molecule has 3 rings (SSSR count). The molecule has 0 radical (unpaired) electrons. The van der Waals surface area contributed by atoms with Crippen molar-refractivity contribution in [2.45, 2.75) is 18.7 Å². The molecule has 8 heteroatoms. The van der Waals surface area contributed by atoms with E-state index in [1.165, 1.54) is 6.20 Å². The van der Waals surface area contributed by atoms with Gasteiger partial charge in [0.15, 0.2) is 0 Å². The van der Waals surface area contributed by atoms with E-state index in [2.05, 4.69) is 4.98 Å². The number of carbonyl (C=O) groups excluding carboxylic acids is 1. The van der Waals surface area contributed by atoms with Crippen LogP contribution in [0.3, 0.4) is 0 Å². The van der Waals surface area contributed by atoms with Crippen molar-refractivity contribution in [3.8, 4) is 0 Å². The zero-order valence-corrected chi connectivity index (χ0v) is 14.7. The van der Waals surface area contributed by atoms with Crippen LogP contribution in [0.15, 0.2) is 47.6 Å². The maximum atomic E-state index is 13.0. The second kappa shape index (κ2) is 5.96. The summed E-state index contributed by atoms with van der Waals surface area (Å²) in [5, 5.41) is 0. The summed E-state index contributed by atoms with van der Waals surface area (Å²) in [4.78, 5) is 16.6. The Bertz CT molecular complexity index is 1030. The van der Waals surface area contributed by atoms with Crippen LogP contribution in [0.4, 0.5) is 4.39 Å². The second-order valence-corrected chi connectivity index (χ2v) is 7.73. The van der Waals surface area contributed by atoms with Crippen molar-refractivity contribution in [1.82, 2.24) is 13.7 Å². The molecule has 3 aromatic rings. The van der Waals surface area contributed by atoms with Crippen molar-refractivity contribution in [3.63, 3.8) is 0 Å². The fourth-order valence-corrected chi connectivity index (χ4v) is 3.48. The number of sulfonamides is 1. The standard InChI is InChI=1S/C17H16FN3O3S/c1-11-8-16-19-15(10-21(16)9-12(11)2)17(22)20(3)25(23,24)14-6-4-13(18)5-7-14/h4-10H,1-3H3. The number of aryl methyl sites for hydroxylation is 2. The van der Waals surface area contributed by atoms with Crippen LogP contribution in [0, 0.1) is 19.7 Å². The Balaban J connectivity index is 1.98. The minimum absolute atomic E-state index is 0.0122. The number of fused-ring (bicyclic) bond motifs is 1. The Kier molecular flexibility index (Phi) is 4.08. The topological polar surface area (TPSA) is 71.8 Å². The van der Waals surface area contributed by atoms with Crippen LogP contribution in [-0.2, 0) is 10.0 Å². The third-order valence-corrected chi connectivity index (χ3v) is 5.79. The fourth-order valence-electron chi connectivity index (χ4n) is 2.37. The molecule has 0 fully saturated rings. The lowest BCUT2D eigenvalue weighted by atomic mass is 10.2. The summed E-state index contributed by atoms with van der Waals surface area (Å²) in [6.07, 6.45) is 3.31. The average Bonchev–Trinajstić information content (AvgIpc) is 2.97. The van der Waals surface area contributed by atoms with E-state index < -0.39 is 21.7 Å². The van der Waals surface area contributed by atoms with Gasteiger partial charge in [-0.2, -0.15) is 0 Å². The van der Waals surface area contributed by atoms with E-state index in [0.29, 0.717) is 9.95 Å². The number of hydrogen-bond acceptors (Lipinski definition) is 4. The molecule has 0 aliphatic rings. The summed E-state index contributed by atoms with van der Waals surface area (Å²) in [5.41, 5.74) is 2.61. The molecule has 6 nitrogen and oxygen atoms in total. The van der Waals surface area contributed by atoms with Gasteiger partial charge in [-0.1, -0.05) is 0 Å². The van der Waals surface area contributed by atoms with E-state index in [4.69, 9.17) is 0 Å². The molecule has 2 aromatic heterocycles. The van der Waals surface area contributed by atoms with Crippen LogP contribution in [-0.4, -0.2) is 35.1 Å². The van der Waals surface area contributed by atoms with Crippen LogP contribution in [0.25, 0.3) is 5.65 Å². The average molecular weight is 361 g/mol. The van der Waals surface area contributed by atoms with Gasteiger partial charge in [-0.15, -0.1) is 0 Å². The fraction of sp³-hybridized carbons (Fsp3) is 0.176. The Labute approximate surface area is 144 Å². The third kappa shape index (κ3) is 3.00. The molecule has 0 unspecified atom stereocenters. The molecule has 0 saturated carbocycles. The molecule has 0 N–H and O–H groups in total. The molecule has 0 aliphatic heterocycles. The Hall–Kier alpha value is -2.74. The number of carbonyl (C=O) groups is 1. The molecule has 25 heavy (non-hydrogen) atoms. The number of amides is 1. The second-order valence-electron chi connectivity index (χ2n) is 5.76. The number of benzene rings is 1. The SMILES string of the molecule is Cc1cc2nc(C(=O)N(C)S(=O)(=O)c3ccc(F)cc3)cn2cc1C. The van der Waals surface area contributed by atoms with E-state index in [0.717, 1.165) is 42.4 Å². The maximum Gasteiger partial charge on any atom is 0.287 e. The maximum absolute atomic E-state index is 13.0. The minimum Gasteiger partial charge on any atom is -0.306 e. The lowest BCUT2D eigenvalue weighted by Crippen LogP contribution is -2.33. The van der Waals surface area contributed by atoms with E-state index >= 15 is 0 Å². The smallest absolute Gasteiger partial charge is 0.287 e. The Morgan fingerprint density at radius 2 is 1.76 bits per heavy atom. The summed E-state index contributed by atoms with van der Waals surface area (Å²) in [7, 11) is -2.93. The first kappa shape index (κ1) is 17.1. The molecular formula is C17H16FN3O3S. The van der Waals surface area contributed by atoms with Crippen LogP contribution in [0.5, 0.6) is 0 Å². The summed E-state index contributed by atoms with van der Waals surface area (Å²) in [6.45, 7) is 3.86. The highest BCUT2D eigenvalue weighted by Crippen LogP contribution is 2.18. The molecule has 130 valence electrons. The number of aromatic nitrogens is 2. The zero-order chi connectivity index (χ0) is 18.4. The molecule has 0 spiro atoms. The lowest BCUT2D eigenvalue weighted by molar-refractivity contribution is 0.0878. The molecule has 0 atom stereocenters. The number of rotatable bonds is 3. The normalized spacial score (nSPS) is 11.7. The number of nitrogens with zero attached hydrogens (tertiary/aromatic N) is 3. The molecule has 0 bridgehead atoms. The first-order valence-corrected chi connectivity index (χ1v) is 8.89. The van der Waals surface area contributed by atoms with Gasteiger partial charge in [-0.25, -0.2) is 22.1 Å². The Morgan fingerprint density at radius 1 is 1.12 bits per heavy atom. The van der Waals surface area contributed by atoms with Crippen molar-refractivity contribution >= 4 is 21.6 Å². The van der Waals surface area contributed by atoms with Crippen molar-refractivity contribution in [1.29, 1.82) is 0 Å². The zero-order valence-electron chi connectivity index (χ0n) is 13.9. The van der Waals surface area contributed by atoms with Gasteiger partial charge in [-0.3, -0.25) is 4.79 Å². The van der Waals surface area contributed by atoms with Crippen molar-refractivity contribution in [2.24, 2.45) is 0 Å². The van der Waals surface area contributed by atoms with Crippen molar-refractivity contribution < 1.29 is 17.6 Å². The molecule has 2 heterocycles. The number of imidazole rings is 1. The van der Waals surface area contributed by atoms with E-state index in [-0.39, 0.29) is 10.6 Å². The number of pyridine rings is 1. The molecule has 1 aromatic carbocycles. The van der Waals surface area contributed by atoms with Gasteiger partial charge in [0.2, 0.25) is 0 Å². The van der Waals surface area contributed by atoms with Gasteiger partial charge in [0, 0.05) is 19.4 Å². The van der Waals surface area contributed by atoms with Gasteiger partial charge in [0.1, 0.15) is 17.2 Å². The van der Waals surface area contributed by atoms with Crippen LogP contribution < -0.4 is 0 Å². The van der Waals surface area contributed by atoms with Gasteiger partial charge in [0.05, 0.1) is 4.90 Å². The first-order chi connectivity index (χ1) is 11.7. The quantitative estimate of drug-likeness (QED) is 0.719. The summed E-state index contributed by atoms with van der Waals surface area (Å²) in [6, 6.07) is 6.11. The predicted molar refractivity (Wildman–Crippen MR) is 90.3 cm³/mol. The largest absolute Gasteiger partial charge is 0.306 e. The lowest BCUT2D eigenvalue weighted by Gasteiger charge is -2.16. The minimum atomic E-state index is -4.09. The Morgan fingerprint density at radius 3 is 2.40 bits per heavy atom. The monoisotopic (exact) mass is 361 g/mol. The molecular weight excluding hydrogens is 345 g/mol. The van der Waals surface area contributed by atoms with Gasteiger partial charge >= 0.3 is 0 Å². The van der Waals surface area contributed by atoms with Crippen molar-refractivity contribution in [3.05, 3.63) is 65.4 Å². The van der Waals surface area contributed by atoms with Crippen LogP contribution >= 0.6 is 0 Å². The molecule has 0 saturated heterocycles. The molecule has 0 aliphatic carbocycles. The summed E-state index contributed by atoms with van der Waals surface area (Å²) < 4.78 is 40.3. The van der Waals surface area contributed by atoms with E-state index in [1.54, 1.807) is 4.40 Å². The molecule has 1 amide bonds.